The summed E-state index contributed by atoms with van der Waals surface area (Å²) in [7, 11) is -1.35. The van der Waals surface area contributed by atoms with Gasteiger partial charge >= 0.3 is 24.3 Å². The van der Waals surface area contributed by atoms with Crippen LogP contribution in [0.25, 0.3) is 45.0 Å². The number of nitrogens with zero attached hydrogens (tertiary/aromatic N) is 6. The van der Waals surface area contributed by atoms with Crippen molar-refractivity contribution in [1.82, 2.24) is 29.1 Å². The second-order valence-corrected chi connectivity index (χ2v) is 34.6. The van der Waals surface area contributed by atoms with Crippen molar-refractivity contribution in [2.24, 2.45) is 10.8 Å². The minimum Gasteiger partial charge on any atom is -0.481 e. The average Bonchev–Trinajstić information content (AvgIpc) is 4.45. The van der Waals surface area contributed by atoms with Crippen molar-refractivity contribution in [2.75, 3.05) is 33.5 Å². The number of pyridine rings is 2. The Labute approximate surface area is 466 Å². The number of aliphatic carboxylic acids is 1. The third-order valence-corrected chi connectivity index (χ3v) is 17.6. The standard InChI is InChI=1S/C28H33ClF3N3O4Si.C27H31ClF3N3O4Si/c1-18-12-24(39-16-27(8-9-27)26(36)37-2)33-14-21(18)19-6-7-20(22(29)13-19)25-34-23(28(30,31)32)15-35(25)17-38-10-11-40(3,4)5;1-17-11-23(38-15-26(7-8-26)25(35)36)32-13-20(17)18-5-6-19(21(28)12-18)24-33-22(27(29,30)31)14-34(24)16-37-9-10-39(2,3)4/h6-7,12-15H,8-11,16-17H2,1-5H3;5-6,11-14H,7-10,15-16H2,1-4H3,(H,35,36). The SMILES string of the molecule is COC(=O)C1(COc2cc(C)c(-c3ccc(-c4nc(C(F)(F)F)cn4COCC[Si](C)(C)C)c(Cl)c3)cn2)CC1.Cc1cc(OCC2(C(=O)O)CC2)ncc1-c1ccc(-c2nc(C(F)(F)F)cn2COCC[Si](C)(C)C)c(Cl)c1. The number of aromatic nitrogens is 6. The van der Waals surface area contributed by atoms with E-state index in [1.807, 2.05) is 13.8 Å². The lowest BCUT2D eigenvalue weighted by Gasteiger charge is -2.16. The molecule has 79 heavy (non-hydrogen) atoms. The number of carboxylic acids is 1. The quantitative estimate of drug-likeness (QED) is 0.0297. The Morgan fingerprint density at radius 1 is 0.633 bits per heavy atom. The van der Waals surface area contributed by atoms with Gasteiger partial charge in [0, 0.05) is 88.5 Å². The summed E-state index contributed by atoms with van der Waals surface area (Å²) in [6.07, 6.45) is -1.48. The molecule has 0 bridgehead atoms. The maximum absolute atomic E-state index is 13.5. The molecule has 0 atom stereocenters. The van der Waals surface area contributed by atoms with Crippen molar-refractivity contribution in [2.45, 2.75) is 117 Å². The van der Waals surface area contributed by atoms with E-state index in [1.165, 1.54) is 16.2 Å². The molecule has 2 aliphatic rings. The first kappa shape index (κ1) is 60.8. The zero-order valence-electron chi connectivity index (χ0n) is 45.4. The monoisotopic (exact) mass is 1180 g/mol. The van der Waals surface area contributed by atoms with E-state index in [0.29, 0.717) is 54.5 Å². The molecule has 2 aromatic carbocycles. The molecule has 2 fully saturated rings. The van der Waals surface area contributed by atoms with E-state index in [0.717, 1.165) is 65.1 Å². The van der Waals surface area contributed by atoms with Gasteiger partial charge in [0.05, 0.1) is 17.2 Å². The molecule has 0 amide bonds. The highest BCUT2D eigenvalue weighted by Gasteiger charge is 2.52. The highest BCUT2D eigenvalue weighted by Crippen LogP contribution is 2.48. The van der Waals surface area contributed by atoms with E-state index >= 15 is 0 Å². The molecule has 2 aliphatic carbocycles. The Morgan fingerprint density at radius 2 is 1.03 bits per heavy atom. The third kappa shape index (κ3) is 15.8. The van der Waals surface area contributed by atoms with E-state index in [9.17, 15) is 41.0 Å². The van der Waals surface area contributed by atoms with Gasteiger partial charge in [-0.2, -0.15) is 26.3 Å². The van der Waals surface area contributed by atoms with Crippen molar-refractivity contribution >= 4 is 51.3 Å². The van der Waals surface area contributed by atoms with Crippen LogP contribution in [0.2, 0.25) is 61.4 Å². The minimum absolute atomic E-state index is 0.0586. The average molecular weight is 1180 g/mol. The Balaban J connectivity index is 0.000000229. The molecule has 4 heterocycles. The van der Waals surface area contributed by atoms with Crippen molar-refractivity contribution in [3.8, 4) is 56.8 Å². The van der Waals surface area contributed by atoms with Crippen molar-refractivity contribution in [3.05, 3.63) is 106 Å². The minimum atomic E-state index is -4.61. The summed E-state index contributed by atoms with van der Waals surface area (Å²) in [5, 5.41) is 9.79. The predicted molar refractivity (Wildman–Crippen MR) is 293 cm³/mol. The van der Waals surface area contributed by atoms with Crippen LogP contribution in [-0.4, -0.2) is 95.8 Å². The van der Waals surface area contributed by atoms with Gasteiger partial charge in [0.15, 0.2) is 11.4 Å². The van der Waals surface area contributed by atoms with Crippen LogP contribution < -0.4 is 9.47 Å². The van der Waals surface area contributed by atoms with Crippen LogP contribution >= 0.6 is 23.2 Å². The van der Waals surface area contributed by atoms with Crippen LogP contribution in [0.3, 0.4) is 0 Å². The molecule has 24 heteroatoms. The molecule has 0 aliphatic heterocycles. The maximum Gasteiger partial charge on any atom is 0.434 e. The Hall–Kier alpha value is -5.79. The first-order chi connectivity index (χ1) is 36.9. The first-order valence-electron chi connectivity index (χ1n) is 25.5. The zero-order valence-corrected chi connectivity index (χ0v) is 48.9. The molecule has 0 unspecified atom stereocenters. The summed E-state index contributed by atoms with van der Waals surface area (Å²) in [4.78, 5) is 39.7. The lowest BCUT2D eigenvalue weighted by atomic mass is 10.0. The number of carbonyl (C=O) groups is 2. The van der Waals surface area contributed by atoms with Gasteiger partial charge in [0.2, 0.25) is 11.8 Å². The van der Waals surface area contributed by atoms with Crippen molar-refractivity contribution < 1.29 is 64.7 Å². The molecule has 0 spiro atoms. The fraction of sp³-hybridized carbons (Fsp3) is 0.455. The Morgan fingerprint density at radius 3 is 1.34 bits per heavy atom. The molecule has 1 N–H and O–H groups in total. The summed E-state index contributed by atoms with van der Waals surface area (Å²) < 4.78 is 111. The van der Waals surface area contributed by atoms with Gasteiger partial charge in [-0.15, -0.1) is 0 Å². The highest BCUT2D eigenvalue weighted by molar-refractivity contribution is 6.76. The van der Waals surface area contributed by atoms with Gasteiger partial charge in [-0.25, -0.2) is 19.9 Å². The number of alkyl halides is 6. The number of benzene rings is 2. The van der Waals surface area contributed by atoms with Crippen molar-refractivity contribution in [1.29, 1.82) is 0 Å². The van der Waals surface area contributed by atoms with E-state index in [-0.39, 0.29) is 54.3 Å². The third-order valence-electron chi connectivity index (χ3n) is 13.6. The molecule has 4 aromatic heterocycles. The number of esters is 1. The normalized spacial score (nSPS) is 14.8. The van der Waals surface area contributed by atoms with Gasteiger partial charge in [-0.3, -0.25) is 9.59 Å². The maximum atomic E-state index is 13.5. The molecule has 0 saturated heterocycles. The van der Waals surface area contributed by atoms with E-state index in [1.54, 1.807) is 60.9 Å². The summed E-state index contributed by atoms with van der Waals surface area (Å²) in [6, 6.07) is 15.4. The number of carbonyl (C=O) groups excluding carboxylic acids is 1. The number of rotatable bonds is 22. The number of imidazole rings is 2. The van der Waals surface area contributed by atoms with E-state index < -0.39 is 56.7 Å². The summed E-state index contributed by atoms with van der Waals surface area (Å²) in [6.45, 7) is 18.0. The molecule has 0 radical (unpaired) electrons. The number of aryl methyl sites for hydroxylation is 2. The smallest absolute Gasteiger partial charge is 0.434 e. The fourth-order valence-electron chi connectivity index (χ4n) is 8.13. The molecule has 8 rings (SSSR count). The second-order valence-electron chi connectivity index (χ2n) is 22.5. The summed E-state index contributed by atoms with van der Waals surface area (Å²) in [5.41, 5.74) is 1.92. The number of halogens is 8. The lowest BCUT2D eigenvalue weighted by molar-refractivity contribution is -0.148. The highest BCUT2D eigenvalue weighted by atomic mass is 35.5. The molecule has 6 aromatic rings. The van der Waals surface area contributed by atoms with Crippen LogP contribution in [0.4, 0.5) is 26.3 Å². The van der Waals surface area contributed by atoms with Gasteiger partial charge in [0.25, 0.3) is 0 Å². The Kier molecular flexibility index (Phi) is 18.6. The van der Waals surface area contributed by atoms with Gasteiger partial charge in [0.1, 0.15) is 49.2 Å². The largest absolute Gasteiger partial charge is 0.481 e. The molecular formula is C55H64Cl2F6N6O8Si2. The number of hydrogen-bond donors (Lipinski definition) is 1. The van der Waals surface area contributed by atoms with Crippen molar-refractivity contribution in [3.63, 3.8) is 0 Å². The zero-order chi connectivity index (χ0) is 57.9. The predicted octanol–water partition coefficient (Wildman–Crippen LogP) is 14.4. The summed E-state index contributed by atoms with van der Waals surface area (Å²) >= 11 is 13.2. The van der Waals surface area contributed by atoms with Crippen LogP contribution in [0.15, 0.2) is 73.3 Å². The number of methoxy groups -OCH3 is 1. The fourth-order valence-corrected chi connectivity index (χ4v) is 10.2. The number of ether oxygens (including phenoxy) is 5. The second kappa shape index (κ2) is 24.1. The van der Waals surface area contributed by atoms with E-state index in [2.05, 4.69) is 59.2 Å². The topological polar surface area (TPSA) is 162 Å². The molecule has 426 valence electrons. The number of hydrogen-bond acceptors (Lipinski definition) is 11. The first-order valence-corrected chi connectivity index (χ1v) is 33.6. The molecule has 2 saturated carbocycles. The van der Waals surface area contributed by atoms with Crippen LogP contribution in [0.1, 0.15) is 48.2 Å². The Bertz CT molecular complexity index is 3170. The summed E-state index contributed by atoms with van der Waals surface area (Å²) in [5.74, 6) is -0.298. The molecular weight excluding hydrogens is 1110 g/mol. The van der Waals surface area contributed by atoms with Crippen LogP contribution in [0.5, 0.6) is 11.8 Å². The van der Waals surface area contributed by atoms with Gasteiger partial charge in [-0.1, -0.05) is 74.6 Å². The lowest BCUT2D eigenvalue weighted by Crippen LogP contribution is -2.24. The number of carboxylic acid groups (broad SMARTS) is 1. The molecule has 14 nitrogen and oxygen atoms in total. The van der Waals surface area contributed by atoms with Gasteiger partial charge in [-0.05, 0) is 98.1 Å². The van der Waals surface area contributed by atoms with Crippen LogP contribution in [0, 0.1) is 24.7 Å². The van der Waals surface area contributed by atoms with E-state index in [4.69, 9.17) is 46.9 Å². The van der Waals surface area contributed by atoms with Crippen LogP contribution in [-0.2, 0) is 49.6 Å². The van der Waals surface area contributed by atoms with Gasteiger partial charge < -0.3 is 37.9 Å².